The maximum absolute atomic E-state index is 11.9. The second-order valence-corrected chi connectivity index (χ2v) is 11.6. The highest BCUT2D eigenvalue weighted by Crippen LogP contribution is 2.44. The average Bonchev–Trinajstić information content (AvgIpc) is 2.72. The fourth-order valence-electron chi connectivity index (χ4n) is 4.56. The predicted molar refractivity (Wildman–Crippen MR) is 124 cm³/mol. The molecule has 1 fully saturated rings. The number of nitrogens with zero attached hydrogens (tertiary/aromatic N) is 1. The first-order valence-corrected chi connectivity index (χ1v) is 12.6. The van der Waals surface area contributed by atoms with Crippen LogP contribution in [0.5, 0.6) is 0 Å². The van der Waals surface area contributed by atoms with Crippen LogP contribution in [-0.4, -0.2) is 36.3 Å². The summed E-state index contributed by atoms with van der Waals surface area (Å²) in [5.74, 6) is -0.0695. The minimum Gasteiger partial charge on any atom is -0.411 e. The lowest BCUT2D eigenvalue weighted by Crippen LogP contribution is -2.40. The van der Waals surface area contributed by atoms with Crippen molar-refractivity contribution < 1.29 is 18.7 Å². The third kappa shape index (κ3) is 5.36. The van der Waals surface area contributed by atoms with E-state index in [1.54, 1.807) is 12.1 Å². The minimum atomic E-state index is -3.27. The number of rotatable bonds is 6. The van der Waals surface area contributed by atoms with E-state index in [0.29, 0.717) is 19.3 Å². The van der Waals surface area contributed by atoms with Crippen LogP contribution in [0.3, 0.4) is 0 Å². The summed E-state index contributed by atoms with van der Waals surface area (Å²) in [6, 6.07) is 15.1. The normalized spacial score (nSPS) is 25.9. The molecule has 3 rings (SSSR count). The second kappa shape index (κ2) is 8.75. The second-order valence-electron chi connectivity index (χ2n) is 9.56. The van der Waals surface area contributed by atoms with Gasteiger partial charge >= 0.3 is 0 Å². The molecule has 6 heteroatoms. The molecule has 31 heavy (non-hydrogen) atoms. The van der Waals surface area contributed by atoms with Gasteiger partial charge in [-0.3, -0.25) is 0 Å². The quantitative estimate of drug-likeness (QED) is 0.370. The molecular formula is C25H33NO4S. The predicted octanol–water partition coefficient (Wildman–Crippen LogP) is 5.08. The van der Waals surface area contributed by atoms with Crippen LogP contribution in [0.4, 0.5) is 0 Å². The molecule has 0 bridgehead atoms. The molecule has 2 aromatic rings. The zero-order valence-corrected chi connectivity index (χ0v) is 19.6. The minimum absolute atomic E-state index is 0.0695. The Labute approximate surface area is 185 Å². The van der Waals surface area contributed by atoms with E-state index in [0.717, 1.165) is 35.2 Å². The monoisotopic (exact) mass is 443 g/mol. The molecule has 0 saturated heterocycles. The molecule has 0 aromatic heterocycles. The van der Waals surface area contributed by atoms with E-state index in [-0.39, 0.29) is 16.2 Å². The summed E-state index contributed by atoms with van der Waals surface area (Å²) in [5.41, 5.74) is 3.01. The van der Waals surface area contributed by atoms with Crippen LogP contribution in [0.2, 0.25) is 0 Å². The smallest absolute Gasteiger partial charge is 0.175 e. The number of hydrogen-bond donors (Lipinski definition) is 2. The third-order valence-electron chi connectivity index (χ3n) is 6.92. The van der Waals surface area contributed by atoms with Gasteiger partial charge in [-0.05, 0) is 68.4 Å². The van der Waals surface area contributed by atoms with Crippen molar-refractivity contribution in [2.75, 3.05) is 6.26 Å². The molecule has 0 heterocycles. The fraction of sp³-hybridized carbons (Fsp3) is 0.480. The SMILES string of the molecule is Cc1ccccc1C(C/C(=N\O)C1(C)CCC(C)(O)CC1)c1ccc(S(C)(=O)=O)cc1. The summed E-state index contributed by atoms with van der Waals surface area (Å²) in [5, 5.41) is 24.1. The molecule has 0 aliphatic heterocycles. The van der Waals surface area contributed by atoms with Crippen molar-refractivity contribution in [3.05, 3.63) is 65.2 Å². The van der Waals surface area contributed by atoms with E-state index in [4.69, 9.17) is 0 Å². The topological polar surface area (TPSA) is 87.0 Å². The molecule has 0 amide bonds. The summed E-state index contributed by atoms with van der Waals surface area (Å²) in [6.45, 7) is 6.03. The molecule has 0 spiro atoms. The average molecular weight is 444 g/mol. The van der Waals surface area contributed by atoms with Crippen molar-refractivity contribution in [2.45, 2.75) is 69.3 Å². The molecule has 0 radical (unpaired) electrons. The number of benzene rings is 2. The molecule has 1 unspecified atom stereocenters. The van der Waals surface area contributed by atoms with Crippen molar-refractivity contribution in [3.8, 4) is 0 Å². The van der Waals surface area contributed by atoms with Crippen LogP contribution < -0.4 is 0 Å². The van der Waals surface area contributed by atoms with Crippen molar-refractivity contribution in [2.24, 2.45) is 10.6 Å². The van der Waals surface area contributed by atoms with Gasteiger partial charge in [-0.2, -0.15) is 0 Å². The molecular weight excluding hydrogens is 410 g/mol. The van der Waals surface area contributed by atoms with Gasteiger partial charge in [0.15, 0.2) is 9.84 Å². The van der Waals surface area contributed by atoms with E-state index in [1.807, 2.05) is 31.2 Å². The third-order valence-corrected chi connectivity index (χ3v) is 8.05. The maximum Gasteiger partial charge on any atom is 0.175 e. The Morgan fingerprint density at radius 3 is 2.13 bits per heavy atom. The van der Waals surface area contributed by atoms with Crippen molar-refractivity contribution >= 4 is 15.5 Å². The maximum atomic E-state index is 11.9. The molecule has 1 aliphatic rings. The van der Waals surface area contributed by atoms with Crippen molar-refractivity contribution in [1.29, 1.82) is 0 Å². The van der Waals surface area contributed by atoms with Gasteiger partial charge in [-0.1, -0.05) is 48.5 Å². The van der Waals surface area contributed by atoms with E-state index in [9.17, 15) is 18.7 Å². The summed E-state index contributed by atoms with van der Waals surface area (Å²) in [4.78, 5) is 0.289. The summed E-state index contributed by atoms with van der Waals surface area (Å²) >= 11 is 0. The molecule has 2 N–H and O–H groups in total. The molecule has 1 aliphatic carbocycles. The Morgan fingerprint density at radius 2 is 1.61 bits per heavy atom. The van der Waals surface area contributed by atoms with Gasteiger partial charge in [0, 0.05) is 24.0 Å². The van der Waals surface area contributed by atoms with E-state index < -0.39 is 15.4 Å². The Hall–Kier alpha value is -2.18. The van der Waals surface area contributed by atoms with Crippen LogP contribution in [0.15, 0.2) is 58.6 Å². The van der Waals surface area contributed by atoms with Gasteiger partial charge in [0.25, 0.3) is 0 Å². The lowest BCUT2D eigenvalue weighted by Gasteiger charge is -2.41. The Balaban J connectivity index is 1.98. The van der Waals surface area contributed by atoms with Gasteiger partial charge in [0.1, 0.15) is 0 Å². The molecule has 5 nitrogen and oxygen atoms in total. The van der Waals surface area contributed by atoms with Crippen LogP contribution in [-0.2, 0) is 9.84 Å². The van der Waals surface area contributed by atoms with E-state index in [1.165, 1.54) is 6.26 Å². The summed E-state index contributed by atoms with van der Waals surface area (Å²) in [7, 11) is -3.27. The van der Waals surface area contributed by atoms with E-state index in [2.05, 4.69) is 31.1 Å². The summed E-state index contributed by atoms with van der Waals surface area (Å²) < 4.78 is 23.8. The number of oxime groups is 1. The lowest BCUT2D eigenvalue weighted by molar-refractivity contribution is -0.000148. The van der Waals surface area contributed by atoms with Gasteiger partial charge in [0.05, 0.1) is 16.2 Å². The van der Waals surface area contributed by atoms with Crippen LogP contribution >= 0.6 is 0 Å². The van der Waals surface area contributed by atoms with Gasteiger partial charge in [-0.15, -0.1) is 0 Å². The standard InChI is InChI=1S/C25H33NO4S/c1-18-7-5-6-8-21(18)22(19-9-11-20(12-10-19)31(4,29)30)17-23(26-28)24(2)13-15-25(3,27)16-14-24/h5-12,22,27-28H,13-17H2,1-4H3/b26-23+. The van der Waals surface area contributed by atoms with Crippen LogP contribution in [0.25, 0.3) is 0 Å². The number of hydrogen-bond acceptors (Lipinski definition) is 5. The van der Waals surface area contributed by atoms with Crippen LogP contribution in [0, 0.1) is 12.3 Å². The summed E-state index contributed by atoms with van der Waals surface area (Å²) in [6.07, 6.45) is 4.58. The lowest BCUT2D eigenvalue weighted by atomic mass is 9.65. The first-order valence-electron chi connectivity index (χ1n) is 10.7. The Kier molecular flexibility index (Phi) is 6.63. The number of sulfone groups is 1. The molecule has 1 saturated carbocycles. The fourth-order valence-corrected chi connectivity index (χ4v) is 5.19. The zero-order valence-electron chi connectivity index (χ0n) is 18.8. The Morgan fingerprint density at radius 1 is 1.03 bits per heavy atom. The van der Waals surface area contributed by atoms with Crippen molar-refractivity contribution in [1.82, 2.24) is 0 Å². The highest BCUT2D eigenvalue weighted by atomic mass is 32.2. The molecule has 168 valence electrons. The van der Waals surface area contributed by atoms with Crippen molar-refractivity contribution in [3.63, 3.8) is 0 Å². The highest BCUT2D eigenvalue weighted by Gasteiger charge is 2.40. The highest BCUT2D eigenvalue weighted by molar-refractivity contribution is 7.90. The Bertz CT molecular complexity index is 1050. The van der Waals surface area contributed by atoms with Gasteiger partial charge < -0.3 is 10.3 Å². The number of aliphatic hydroxyl groups is 1. The van der Waals surface area contributed by atoms with Crippen LogP contribution in [0.1, 0.15) is 68.6 Å². The first-order chi connectivity index (χ1) is 14.5. The van der Waals surface area contributed by atoms with E-state index >= 15 is 0 Å². The molecule has 1 atom stereocenters. The molecule has 2 aromatic carbocycles. The largest absolute Gasteiger partial charge is 0.411 e. The van der Waals surface area contributed by atoms with Gasteiger partial charge in [0.2, 0.25) is 0 Å². The zero-order chi connectivity index (χ0) is 22.9. The first kappa shape index (κ1) is 23.5. The number of aryl methyl sites for hydroxylation is 1. The van der Waals surface area contributed by atoms with Gasteiger partial charge in [-0.25, -0.2) is 8.42 Å².